The van der Waals surface area contributed by atoms with E-state index in [2.05, 4.69) is 55.6 Å². The lowest BCUT2D eigenvalue weighted by molar-refractivity contribution is -0.870. The van der Waals surface area contributed by atoms with Crippen LogP contribution in [0.5, 0.6) is 0 Å². The number of quaternary nitrogens is 1. The van der Waals surface area contributed by atoms with Crippen LogP contribution in [0.2, 0.25) is 0 Å². The Bertz CT molecular complexity index is 1250. The minimum Gasteiger partial charge on any atom is -0.387 e. The number of rotatable bonds is 53. The zero-order valence-corrected chi connectivity index (χ0v) is 46.5. The van der Waals surface area contributed by atoms with E-state index in [0.717, 1.165) is 64.2 Å². The van der Waals surface area contributed by atoms with E-state index in [4.69, 9.17) is 9.05 Å². The van der Waals surface area contributed by atoms with Gasteiger partial charge in [0.2, 0.25) is 5.91 Å². The summed E-state index contributed by atoms with van der Waals surface area (Å²) in [7, 11) is 1.57. The van der Waals surface area contributed by atoms with Crippen LogP contribution in [-0.4, -0.2) is 73.4 Å². The van der Waals surface area contributed by atoms with Gasteiger partial charge in [0.1, 0.15) is 13.2 Å². The molecule has 0 aliphatic heterocycles. The van der Waals surface area contributed by atoms with E-state index in [1.165, 1.54) is 186 Å². The third kappa shape index (κ3) is 52.3. The first-order valence-corrected chi connectivity index (χ1v) is 30.5. The largest absolute Gasteiger partial charge is 0.472 e. The van der Waals surface area contributed by atoms with E-state index >= 15 is 0 Å². The van der Waals surface area contributed by atoms with Crippen LogP contribution in [0, 0.1) is 0 Å². The number of allylic oxidation sites excluding steroid dienone is 7. The number of phosphoric ester groups is 1. The molecule has 1 amide bonds. The summed E-state index contributed by atoms with van der Waals surface area (Å²) < 4.78 is 23.7. The third-order valence-corrected chi connectivity index (χ3v) is 14.0. The molecular weight excluding hydrogens is 864 g/mol. The Morgan fingerprint density at radius 3 is 1.22 bits per heavy atom. The van der Waals surface area contributed by atoms with Crippen LogP contribution in [0.3, 0.4) is 0 Å². The van der Waals surface area contributed by atoms with Crippen LogP contribution >= 0.6 is 7.82 Å². The normalized spacial score (nSPS) is 14.3. The van der Waals surface area contributed by atoms with Gasteiger partial charge >= 0.3 is 7.82 Å². The first-order valence-electron chi connectivity index (χ1n) is 29.0. The predicted molar refractivity (Wildman–Crippen MR) is 295 cm³/mol. The second-order valence-corrected chi connectivity index (χ2v) is 22.5. The molecule has 0 heterocycles. The Labute approximate surface area is 422 Å². The van der Waals surface area contributed by atoms with Crippen molar-refractivity contribution in [2.24, 2.45) is 0 Å². The number of hydrogen-bond donors (Lipinski definition) is 3. The summed E-state index contributed by atoms with van der Waals surface area (Å²) in [6.07, 6.45) is 66.4. The fourth-order valence-electron chi connectivity index (χ4n) is 8.46. The van der Waals surface area contributed by atoms with Crippen molar-refractivity contribution in [3.63, 3.8) is 0 Å². The second-order valence-electron chi connectivity index (χ2n) is 21.0. The summed E-state index contributed by atoms with van der Waals surface area (Å²) in [6, 6.07) is -0.856. The molecule has 9 heteroatoms. The molecule has 3 N–H and O–H groups in total. The Balaban J connectivity index is 4.24. The summed E-state index contributed by atoms with van der Waals surface area (Å²) in [5.41, 5.74) is 0. The monoisotopic (exact) mass is 978 g/mol. The number of hydrogen-bond acceptors (Lipinski definition) is 5. The first kappa shape index (κ1) is 66.5. The molecule has 3 atom stereocenters. The summed E-state index contributed by atoms with van der Waals surface area (Å²) >= 11 is 0. The first-order chi connectivity index (χ1) is 33.0. The van der Waals surface area contributed by atoms with E-state index in [1.54, 1.807) is 6.08 Å². The van der Waals surface area contributed by atoms with Crippen LogP contribution in [0.15, 0.2) is 48.6 Å². The zero-order chi connectivity index (χ0) is 49.9. The standard InChI is InChI=1S/C59H113N2O6P/c1-6-8-10-12-14-16-18-20-22-24-26-28-29-30-31-33-34-36-38-40-42-44-46-48-50-52-58(62)57(56-67-68(64,65)66-55-54-61(3,4)5)60-59(63)53-51-49-47-45-43-41-39-37-35-32-27-25-23-21-19-17-15-13-11-9-7-2/h19,21,25,27,35,37,50,52,57-58,62H,6-18,20,22-24,26,28-34,36,38-49,51,53-56H2,1-5H3,(H-,60,63,64,65)/p+1/b21-19-,27-25-,37-35-,52-50+. The molecule has 0 fully saturated rings. The lowest BCUT2D eigenvalue weighted by Crippen LogP contribution is -2.45. The summed E-state index contributed by atoms with van der Waals surface area (Å²) in [5, 5.41) is 13.9. The number of nitrogens with one attached hydrogen (secondary N) is 1. The molecule has 0 aliphatic carbocycles. The molecule has 0 spiro atoms. The van der Waals surface area contributed by atoms with Gasteiger partial charge in [0, 0.05) is 6.42 Å². The van der Waals surface area contributed by atoms with Gasteiger partial charge in [-0.3, -0.25) is 13.8 Å². The number of nitrogens with zero attached hydrogens (tertiary/aromatic N) is 1. The summed E-state index contributed by atoms with van der Waals surface area (Å²) in [4.78, 5) is 23.3. The van der Waals surface area contributed by atoms with Gasteiger partial charge in [0.25, 0.3) is 0 Å². The third-order valence-electron chi connectivity index (χ3n) is 13.0. The predicted octanol–water partition coefficient (Wildman–Crippen LogP) is 17.5. The van der Waals surface area contributed by atoms with E-state index < -0.39 is 20.0 Å². The molecule has 0 radical (unpaired) electrons. The number of aliphatic hydroxyl groups excluding tert-OH is 1. The van der Waals surface area contributed by atoms with E-state index in [0.29, 0.717) is 17.4 Å². The van der Waals surface area contributed by atoms with Crippen molar-refractivity contribution in [3.05, 3.63) is 48.6 Å². The average molecular weight is 979 g/mol. The molecule has 0 aromatic rings. The topological polar surface area (TPSA) is 105 Å². The van der Waals surface area contributed by atoms with Crippen molar-refractivity contribution < 1.29 is 32.9 Å². The number of likely N-dealkylation sites (N-methyl/N-ethyl adjacent to an activating group) is 1. The van der Waals surface area contributed by atoms with E-state index in [9.17, 15) is 19.4 Å². The number of carbonyl (C=O) groups excluding carboxylic acids is 1. The number of phosphoric acid groups is 1. The van der Waals surface area contributed by atoms with Crippen LogP contribution < -0.4 is 5.32 Å². The highest BCUT2D eigenvalue weighted by molar-refractivity contribution is 7.47. The van der Waals surface area contributed by atoms with Crippen LogP contribution in [-0.2, 0) is 18.4 Å². The molecule has 0 saturated heterocycles. The summed E-state index contributed by atoms with van der Waals surface area (Å²) in [5.74, 6) is -0.187. The second kappa shape index (κ2) is 50.4. The fraction of sp³-hybridized carbons (Fsp3) is 0.847. The van der Waals surface area contributed by atoms with E-state index in [1.807, 2.05) is 27.2 Å². The van der Waals surface area contributed by atoms with Crippen molar-refractivity contribution in [2.75, 3.05) is 40.9 Å². The fourth-order valence-corrected chi connectivity index (χ4v) is 9.20. The van der Waals surface area contributed by atoms with Gasteiger partial charge in [-0.05, 0) is 57.8 Å². The Kier molecular flexibility index (Phi) is 49.3. The van der Waals surface area contributed by atoms with Crippen LogP contribution in [0.4, 0.5) is 0 Å². The maximum atomic E-state index is 13.0. The number of amides is 1. The van der Waals surface area contributed by atoms with Gasteiger partial charge in [0.05, 0.1) is 39.9 Å². The van der Waals surface area contributed by atoms with Crippen molar-refractivity contribution in [1.82, 2.24) is 5.32 Å². The van der Waals surface area contributed by atoms with Crippen molar-refractivity contribution in [2.45, 2.75) is 283 Å². The zero-order valence-electron chi connectivity index (χ0n) is 45.6. The highest BCUT2D eigenvalue weighted by atomic mass is 31.2. The Morgan fingerprint density at radius 1 is 0.500 bits per heavy atom. The molecule has 0 aromatic heterocycles. The molecule has 0 rings (SSSR count). The molecule has 8 nitrogen and oxygen atoms in total. The summed E-state index contributed by atoms with van der Waals surface area (Å²) in [6.45, 7) is 4.82. The molecular formula is C59H114N2O6P+. The van der Waals surface area contributed by atoms with Gasteiger partial charge in [-0.25, -0.2) is 4.57 Å². The SMILES string of the molecule is CCCCCCC/C=C\C/C=C\C/C=C\CCCCCCCCC(=O)NC(COP(=O)(O)OCC[N+](C)(C)C)C(O)/C=C/CCCCCCCCCCCCCCCCCCCCCCCCC. The van der Waals surface area contributed by atoms with Gasteiger partial charge in [0.15, 0.2) is 0 Å². The number of unbranched alkanes of at least 4 members (excludes halogenated alkanes) is 34. The van der Waals surface area contributed by atoms with Crippen molar-refractivity contribution in [3.8, 4) is 0 Å². The number of aliphatic hydroxyl groups is 1. The minimum atomic E-state index is -4.35. The Morgan fingerprint density at radius 2 is 0.838 bits per heavy atom. The van der Waals surface area contributed by atoms with Crippen LogP contribution in [0.1, 0.15) is 271 Å². The van der Waals surface area contributed by atoms with Crippen molar-refractivity contribution >= 4 is 13.7 Å². The van der Waals surface area contributed by atoms with Gasteiger partial charge in [-0.15, -0.1) is 0 Å². The molecule has 68 heavy (non-hydrogen) atoms. The lowest BCUT2D eigenvalue weighted by Gasteiger charge is -2.25. The quantitative estimate of drug-likeness (QED) is 0.0243. The molecule has 0 saturated carbocycles. The molecule has 0 bridgehead atoms. The molecule has 3 unspecified atom stereocenters. The lowest BCUT2D eigenvalue weighted by atomic mass is 10.0. The highest BCUT2D eigenvalue weighted by Crippen LogP contribution is 2.43. The molecule has 0 aliphatic rings. The maximum Gasteiger partial charge on any atom is 0.472 e. The van der Waals surface area contributed by atoms with Gasteiger partial charge < -0.3 is 19.8 Å². The number of carbonyl (C=O) groups is 1. The highest BCUT2D eigenvalue weighted by Gasteiger charge is 2.27. The molecule has 400 valence electrons. The van der Waals surface area contributed by atoms with Crippen LogP contribution in [0.25, 0.3) is 0 Å². The van der Waals surface area contributed by atoms with E-state index in [-0.39, 0.29) is 19.1 Å². The molecule has 0 aromatic carbocycles. The van der Waals surface area contributed by atoms with Gasteiger partial charge in [-0.2, -0.15) is 0 Å². The minimum absolute atomic E-state index is 0.0578. The van der Waals surface area contributed by atoms with Crippen molar-refractivity contribution in [1.29, 1.82) is 0 Å². The Hall–Kier alpha value is -1.54. The smallest absolute Gasteiger partial charge is 0.387 e. The van der Waals surface area contributed by atoms with Gasteiger partial charge in [-0.1, -0.05) is 255 Å². The average Bonchev–Trinajstić information content (AvgIpc) is 3.30. The maximum absolute atomic E-state index is 13.0.